The van der Waals surface area contributed by atoms with E-state index in [1.165, 1.54) is 38.2 Å². The van der Waals surface area contributed by atoms with Gasteiger partial charge in [0, 0.05) is 12.6 Å². The maximum Gasteiger partial charge on any atom is 0.244 e. The van der Waals surface area contributed by atoms with Gasteiger partial charge in [-0.2, -0.15) is 0 Å². The third-order valence-corrected chi connectivity index (χ3v) is 2.99. The van der Waals surface area contributed by atoms with Gasteiger partial charge >= 0.3 is 0 Å². The van der Waals surface area contributed by atoms with Crippen LogP contribution in [0.4, 0.5) is 0 Å². The molecule has 0 radical (unpaired) electrons. The Morgan fingerprint density at radius 3 is 2.63 bits per heavy atom. The third-order valence-electron chi connectivity index (χ3n) is 2.99. The lowest BCUT2D eigenvalue weighted by molar-refractivity contribution is -0.116. The Hall–Kier alpha value is -1.51. The van der Waals surface area contributed by atoms with E-state index in [1.807, 2.05) is 19.1 Å². The van der Waals surface area contributed by atoms with Gasteiger partial charge in [-0.3, -0.25) is 4.79 Å². The van der Waals surface area contributed by atoms with Crippen molar-refractivity contribution in [2.24, 2.45) is 0 Å². The van der Waals surface area contributed by atoms with E-state index in [1.54, 1.807) is 6.08 Å². The van der Waals surface area contributed by atoms with Crippen LogP contribution in [0.15, 0.2) is 22.6 Å². The van der Waals surface area contributed by atoms with Crippen molar-refractivity contribution in [1.29, 1.82) is 0 Å². The SMILES string of the molecule is CCCCCCCCNC(=O)C=Cc1ccc(C)o1. The van der Waals surface area contributed by atoms with E-state index < -0.39 is 0 Å². The van der Waals surface area contributed by atoms with Gasteiger partial charge in [0.25, 0.3) is 0 Å². The molecule has 1 aromatic heterocycles. The molecule has 1 aromatic rings. The molecule has 0 aromatic carbocycles. The van der Waals surface area contributed by atoms with Gasteiger partial charge in [-0.1, -0.05) is 39.0 Å². The summed E-state index contributed by atoms with van der Waals surface area (Å²) in [6.07, 6.45) is 10.6. The van der Waals surface area contributed by atoms with Gasteiger partial charge in [-0.05, 0) is 31.6 Å². The van der Waals surface area contributed by atoms with E-state index in [9.17, 15) is 4.79 Å². The molecule has 0 aliphatic rings. The lowest BCUT2D eigenvalue weighted by atomic mass is 10.1. The molecule has 1 heterocycles. The fourth-order valence-corrected chi connectivity index (χ4v) is 1.88. The monoisotopic (exact) mass is 263 g/mol. The van der Waals surface area contributed by atoms with Crippen LogP contribution in [0.1, 0.15) is 57.0 Å². The minimum absolute atomic E-state index is 0.0531. The molecule has 106 valence electrons. The van der Waals surface area contributed by atoms with Crippen LogP contribution in [0.5, 0.6) is 0 Å². The molecule has 3 nitrogen and oxygen atoms in total. The summed E-state index contributed by atoms with van der Waals surface area (Å²) in [4.78, 5) is 11.5. The van der Waals surface area contributed by atoms with Crippen LogP contribution in [0.2, 0.25) is 0 Å². The van der Waals surface area contributed by atoms with E-state index >= 15 is 0 Å². The van der Waals surface area contributed by atoms with Crippen molar-refractivity contribution in [2.75, 3.05) is 6.54 Å². The van der Waals surface area contributed by atoms with Gasteiger partial charge in [-0.15, -0.1) is 0 Å². The minimum Gasteiger partial charge on any atom is -0.462 e. The molecule has 1 rings (SSSR count). The Balaban J connectivity index is 2.06. The molecule has 1 amide bonds. The second kappa shape index (κ2) is 9.42. The number of amides is 1. The molecular formula is C16H25NO2. The Morgan fingerprint density at radius 2 is 1.95 bits per heavy atom. The number of nitrogens with one attached hydrogen (secondary N) is 1. The molecule has 0 unspecified atom stereocenters. The van der Waals surface area contributed by atoms with Crippen molar-refractivity contribution in [3.8, 4) is 0 Å². The van der Waals surface area contributed by atoms with Crippen LogP contribution < -0.4 is 5.32 Å². The quantitative estimate of drug-likeness (QED) is 0.539. The molecule has 3 heteroatoms. The molecule has 0 fully saturated rings. The molecule has 0 aliphatic heterocycles. The highest BCUT2D eigenvalue weighted by molar-refractivity contribution is 5.91. The fraction of sp³-hybridized carbons (Fsp3) is 0.562. The van der Waals surface area contributed by atoms with E-state index in [0.717, 1.165) is 18.7 Å². The van der Waals surface area contributed by atoms with Crippen molar-refractivity contribution in [1.82, 2.24) is 5.32 Å². The topological polar surface area (TPSA) is 42.2 Å². The lowest BCUT2D eigenvalue weighted by Crippen LogP contribution is -2.21. The van der Waals surface area contributed by atoms with Crippen LogP contribution in [0, 0.1) is 6.92 Å². The molecule has 19 heavy (non-hydrogen) atoms. The zero-order valence-electron chi connectivity index (χ0n) is 12.1. The highest BCUT2D eigenvalue weighted by Crippen LogP contribution is 2.07. The van der Waals surface area contributed by atoms with Crippen LogP contribution in [-0.2, 0) is 4.79 Å². The summed E-state index contributed by atoms with van der Waals surface area (Å²) in [5, 5.41) is 2.88. The van der Waals surface area contributed by atoms with Gasteiger partial charge in [0.2, 0.25) is 5.91 Å². The summed E-state index contributed by atoms with van der Waals surface area (Å²) in [7, 11) is 0. The molecule has 0 spiro atoms. The molecule has 0 saturated heterocycles. The number of hydrogen-bond donors (Lipinski definition) is 1. The number of furan rings is 1. The van der Waals surface area contributed by atoms with Crippen molar-refractivity contribution in [2.45, 2.75) is 52.4 Å². The van der Waals surface area contributed by atoms with Crippen LogP contribution in [0.3, 0.4) is 0 Å². The van der Waals surface area contributed by atoms with Gasteiger partial charge in [0.05, 0.1) is 0 Å². The molecule has 1 N–H and O–H groups in total. The molecule has 0 atom stereocenters. The summed E-state index contributed by atoms with van der Waals surface area (Å²) in [5.74, 6) is 1.52. The first-order valence-corrected chi connectivity index (χ1v) is 7.24. The predicted octanol–water partition coefficient (Wildman–Crippen LogP) is 4.08. The van der Waals surface area contributed by atoms with E-state index in [4.69, 9.17) is 4.42 Å². The number of unbranched alkanes of at least 4 members (excludes halogenated alkanes) is 5. The van der Waals surface area contributed by atoms with Crippen LogP contribution >= 0.6 is 0 Å². The Labute approximate surface area is 116 Å². The molecule has 0 saturated carbocycles. The first kappa shape index (κ1) is 15.5. The molecule has 0 aliphatic carbocycles. The Morgan fingerprint density at radius 1 is 1.21 bits per heavy atom. The third kappa shape index (κ3) is 7.50. The highest BCUT2D eigenvalue weighted by Gasteiger charge is 1.97. The molecular weight excluding hydrogens is 238 g/mol. The van der Waals surface area contributed by atoms with Gasteiger partial charge < -0.3 is 9.73 Å². The number of carbonyl (C=O) groups excluding carboxylic acids is 1. The first-order chi connectivity index (χ1) is 9.22. The Bertz CT molecular complexity index is 393. The standard InChI is InChI=1S/C16H25NO2/c1-3-4-5-6-7-8-13-17-16(18)12-11-15-10-9-14(2)19-15/h9-12H,3-8,13H2,1-2H3,(H,17,18). The fourth-order valence-electron chi connectivity index (χ4n) is 1.88. The number of aryl methyl sites for hydroxylation is 1. The van der Waals surface area contributed by atoms with E-state index in [2.05, 4.69) is 12.2 Å². The van der Waals surface area contributed by atoms with Gasteiger partial charge in [0.1, 0.15) is 11.5 Å². The zero-order valence-corrected chi connectivity index (χ0v) is 12.1. The minimum atomic E-state index is -0.0531. The van der Waals surface area contributed by atoms with Crippen molar-refractivity contribution in [3.63, 3.8) is 0 Å². The highest BCUT2D eigenvalue weighted by atomic mass is 16.3. The largest absolute Gasteiger partial charge is 0.462 e. The predicted molar refractivity (Wildman–Crippen MR) is 78.9 cm³/mol. The number of carbonyl (C=O) groups is 1. The van der Waals surface area contributed by atoms with Crippen molar-refractivity contribution < 1.29 is 9.21 Å². The Kier molecular flexibility index (Phi) is 7.71. The summed E-state index contributed by atoms with van der Waals surface area (Å²) in [6.45, 7) is 4.86. The van der Waals surface area contributed by atoms with E-state index in [-0.39, 0.29) is 5.91 Å². The summed E-state index contributed by atoms with van der Waals surface area (Å²) < 4.78 is 5.35. The maximum atomic E-state index is 11.5. The van der Waals surface area contributed by atoms with E-state index in [0.29, 0.717) is 5.76 Å². The normalized spacial score (nSPS) is 11.1. The summed E-state index contributed by atoms with van der Waals surface area (Å²) in [5.41, 5.74) is 0. The average Bonchev–Trinajstić information content (AvgIpc) is 2.81. The van der Waals surface area contributed by atoms with Crippen molar-refractivity contribution >= 4 is 12.0 Å². The first-order valence-electron chi connectivity index (χ1n) is 7.24. The van der Waals surface area contributed by atoms with Crippen LogP contribution in [0.25, 0.3) is 6.08 Å². The zero-order chi connectivity index (χ0) is 13.9. The summed E-state index contributed by atoms with van der Waals surface area (Å²) in [6, 6.07) is 3.74. The van der Waals surface area contributed by atoms with Gasteiger partial charge in [-0.25, -0.2) is 0 Å². The summed E-state index contributed by atoms with van der Waals surface area (Å²) >= 11 is 0. The number of rotatable bonds is 9. The maximum absolute atomic E-state index is 11.5. The molecule has 0 bridgehead atoms. The lowest BCUT2D eigenvalue weighted by Gasteiger charge is -2.02. The number of hydrogen-bond acceptors (Lipinski definition) is 2. The second-order valence-electron chi connectivity index (χ2n) is 4.84. The second-order valence-corrected chi connectivity index (χ2v) is 4.84. The smallest absolute Gasteiger partial charge is 0.244 e. The van der Waals surface area contributed by atoms with Crippen LogP contribution in [-0.4, -0.2) is 12.5 Å². The van der Waals surface area contributed by atoms with Gasteiger partial charge in [0.15, 0.2) is 0 Å². The average molecular weight is 263 g/mol. The van der Waals surface area contributed by atoms with Crippen molar-refractivity contribution in [3.05, 3.63) is 29.7 Å².